The third-order valence-electron chi connectivity index (χ3n) is 2.97. The lowest BCUT2D eigenvalue weighted by molar-refractivity contribution is -0.189. The van der Waals surface area contributed by atoms with Crippen molar-refractivity contribution in [2.24, 2.45) is 0 Å². The van der Waals surface area contributed by atoms with E-state index in [-0.39, 0.29) is 17.8 Å². The predicted molar refractivity (Wildman–Crippen MR) is 55.3 cm³/mol. The van der Waals surface area contributed by atoms with Crippen molar-refractivity contribution >= 4 is 11.9 Å². The zero-order valence-corrected chi connectivity index (χ0v) is 9.81. The standard InChI is InChI=1S/C10H10F3N3O3/c1-5-3-16-7(6(2-14-16)8(17)18)4-15(5)9(19)10(11,12)13/h2,5H,3-4H2,1H3,(H,17,18). The van der Waals surface area contributed by atoms with Crippen LogP contribution in [0.2, 0.25) is 0 Å². The summed E-state index contributed by atoms with van der Waals surface area (Å²) in [6.07, 6.45) is -3.90. The molecule has 9 heteroatoms. The average molecular weight is 277 g/mol. The Morgan fingerprint density at radius 3 is 2.63 bits per heavy atom. The number of aromatic nitrogens is 2. The third-order valence-corrected chi connectivity index (χ3v) is 2.97. The minimum Gasteiger partial charge on any atom is -0.478 e. The van der Waals surface area contributed by atoms with E-state index in [1.807, 2.05) is 0 Å². The monoisotopic (exact) mass is 277 g/mol. The second-order valence-corrected chi connectivity index (χ2v) is 4.27. The molecule has 1 atom stereocenters. The van der Waals surface area contributed by atoms with Crippen LogP contribution in [-0.4, -0.2) is 43.9 Å². The van der Waals surface area contributed by atoms with Crippen molar-refractivity contribution in [3.05, 3.63) is 17.5 Å². The Balaban J connectivity index is 2.35. The molecule has 1 N–H and O–H groups in total. The van der Waals surface area contributed by atoms with Crippen molar-refractivity contribution in [3.63, 3.8) is 0 Å². The molecule has 1 aliphatic heterocycles. The largest absolute Gasteiger partial charge is 0.478 e. The summed E-state index contributed by atoms with van der Waals surface area (Å²) < 4.78 is 38.6. The zero-order chi connectivity index (χ0) is 14.4. The van der Waals surface area contributed by atoms with Gasteiger partial charge in [0.15, 0.2) is 0 Å². The number of carboxylic acids is 1. The first kappa shape index (κ1) is 13.4. The molecular formula is C10H10F3N3O3. The predicted octanol–water partition coefficient (Wildman–Crippen LogP) is 0.874. The van der Waals surface area contributed by atoms with Gasteiger partial charge in [-0.15, -0.1) is 0 Å². The highest BCUT2D eigenvalue weighted by molar-refractivity contribution is 5.89. The third kappa shape index (κ3) is 2.27. The highest BCUT2D eigenvalue weighted by atomic mass is 19.4. The first-order valence-corrected chi connectivity index (χ1v) is 5.37. The van der Waals surface area contributed by atoms with Crippen LogP contribution in [0.4, 0.5) is 13.2 Å². The molecule has 0 aliphatic carbocycles. The SMILES string of the molecule is CC1Cn2ncc(C(=O)O)c2CN1C(=O)C(F)(F)F. The Kier molecular flexibility index (Phi) is 2.99. The number of carboxylic acid groups (broad SMARTS) is 1. The Morgan fingerprint density at radius 2 is 2.11 bits per heavy atom. The number of aromatic carboxylic acids is 1. The molecule has 104 valence electrons. The summed E-state index contributed by atoms with van der Waals surface area (Å²) in [5, 5.41) is 12.7. The van der Waals surface area contributed by atoms with Gasteiger partial charge in [-0.05, 0) is 6.92 Å². The van der Waals surface area contributed by atoms with E-state index in [0.29, 0.717) is 4.90 Å². The second-order valence-electron chi connectivity index (χ2n) is 4.27. The van der Waals surface area contributed by atoms with Gasteiger partial charge < -0.3 is 10.0 Å². The van der Waals surface area contributed by atoms with Crippen LogP contribution in [0.3, 0.4) is 0 Å². The Bertz CT molecular complexity index is 538. The van der Waals surface area contributed by atoms with Crippen LogP contribution in [0.5, 0.6) is 0 Å². The summed E-state index contributed by atoms with van der Waals surface area (Å²) in [5.41, 5.74) is -0.0879. The Hall–Kier alpha value is -2.06. The summed E-state index contributed by atoms with van der Waals surface area (Å²) in [4.78, 5) is 22.8. The molecule has 1 aromatic heterocycles. The van der Waals surface area contributed by atoms with Gasteiger partial charge in [-0.25, -0.2) is 4.79 Å². The molecule has 0 aromatic carbocycles. The van der Waals surface area contributed by atoms with Crippen LogP contribution in [0.15, 0.2) is 6.20 Å². The van der Waals surface area contributed by atoms with Crippen LogP contribution in [-0.2, 0) is 17.9 Å². The number of fused-ring (bicyclic) bond motifs is 1. The van der Waals surface area contributed by atoms with Crippen LogP contribution >= 0.6 is 0 Å². The van der Waals surface area contributed by atoms with Crippen molar-refractivity contribution in [1.82, 2.24) is 14.7 Å². The molecule has 1 aromatic rings. The summed E-state index contributed by atoms with van der Waals surface area (Å²) in [6.45, 7) is 1.07. The number of amides is 1. The molecule has 1 unspecified atom stereocenters. The van der Waals surface area contributed by atoms with Gasteiger partial charge in [-0.3, -0.25) is 9.48 Å². The van der Waals surface area contributed by atoms with Gasteiger partial charge in [0, 0.05) is 6.04 Å². The van der Waals surface area contributed by atoms with Crippen molar-refractivity contribution in [1.29, 1.82) is 0 Å². The number of hydrogen-bond donors (Lipinski definition) is 1. The summed E-state index contributed by atoms with van der Waals surface area (Å²) in [5.74, 6) is -3.25. The second kappa shape index (κ2) is 4.25. The maximum atomic E-state index is 12.4. The number of carbonyl (C=O) groups excluding carboxylic acids is 1. The molecule has 0 bridgehead atoms. The number of nitrogens with zero attached hydrogens (tertiary/aromatic N) is 3. The number of rotatable bonds is 1. The normalized spacial score (nSPS) is 19.2. The van der Waals surface area contributed by atoms with Crippen LogP contribution in [0.25, 0.3) is 0 Å². The Morgan fingerprint density at radius 1 is 1.47 bits per heavy atom. The smallest absolute Gasteiger partial charge is 0.471 e. The summed E-state index contributed by atoms with van der Waals surface area (Å²) >= 11 is 0. The van der Waals surface area contributed by atoms with Gasteiger partial charge >= 0.3 is 18.1 Å². The topological polar surface area (TPSA) is 75.4 Å². The molecule has 0 saturated heterocycles. The lowest BCUT2D eigenvalue weighted by atomic mass is 10.1. The fraction of sp³-hybridized carbons (Fsp3) is 0.500. The van der Waals surface area contributed by atoms with E-state index >= 15 is 0 Å². The molecule has 1 aliphatic rings. The van der Waals surface area contributed by atoms with Gasteiger partial charge in [0.1, 0.15) is 5.56 Å². The average Bonchev–Trinajstić information content (AvgIpc) is 2.68. The maximum absolute atomic E-state index is 12.4. The number of hydrogen-bond acceptors (Lipinski definition) is 3. The van der Waals surface area contributed by atoms with Gasteiger partial charge in [0.25, 0.3) is 0 Å². The minimum absolute atomic E-state index is 0.0322. The van der Waals surface area contributed by atoms with Crippen molar-refractivity contribution in [3.8, 4) is 0 Å². The van der Waals surface area contributed by atoms with Gasteiger partial charge in [0.05, 0.1) is 25.0 Å². The number of carbonyl (C=O) groups is 2. The minimum atomic E-state index is -4.97. The Labute approximate surface area is 105 Å². The van der Waals surface area contributed by atoms with E-state index in [0.717, 1.165) is 6.20 Å². The van der Waals surface area contributed by atoms with E-state index < -0.39 is 30.6 Å². The summed E-state index contributed by atoms with van der Waals surface area (Å²) in [7, 11) is 0. The van der Waals surface area contributed by atoms with Crippen molar-refractivity contribution < 1.29 is 27.9 Å². The van der Waals surface area contributed by atoms with E-state index in [9.17, 15) is 22.8 Å². The maximum Gasteiger partial charge on any atom is 0.471 e. The first-order valence-electron chi connectivity index (χ1n) is 5.37. The van der Waals surface area contributed by atoms with Gasteiger partial charge in [0.2, 0.25) is 0 Å². The molecule has 19 heavy (non-hydrogen) atoms. The van der Waals surface area contributed by atoms with Crippen LogP contribution in [0.1, 0.15) is 23.0 Å². The van der Waals surface area contributed by atoms with E-state index in [2.05, 4.69) is 5.10 Å². The quantitative estimate of drug-likeness (QED) is 0.826. The van der Waals surface area contributed by atoms with Gasteiger partial charge in [-0.2, -0.15) is 18.3 Å². The lowest BCUT2D eigenvalue weighted by Crippen LogP contribution is -2.50. The van der Waals surface area contributed by atoms with Gasteiger partial charge in [-0.1, -0.05) is 0 Å². The molecule has 0 radical (unpaired) electrons. The molecule has 6 nitrogen and oxygen atoms in total. The molecule has 2 heterocycles. The fourth-order valence-electron chi connectivity index (χ4n) is 2.01. The number of alkyl halides is 3. The molecule has 0 spiro atoms. The highest BCUT2D eigenvalue weighted by Gasteiger charge is 2.45. The zero-order valence-electron chi connectivity index (χ0n) is 9.81. The summed E-state index contributed by atoms with van der Waals surface area (Å²) in [6, 6.07) is -0.705. The van der Waals surface area contributed by atoms with Crippen LogP contribution in [0, 0.1) is 0 Å². The van der Waals surface area contributed by atoms with E-state index in [1.54, 1.807) is 0 Å². The molecule has 0 saturated carbocycles. The van der Waals surface area contributed by atoms with E-state index in [1.165, 1.54) is 11.6 Å². The number of halogens is 3. The van der Waals surface area contributed by atoms with Crippen molar-refractivity contribution in [2.45, 2.75) is 32.2 Å². The van der Waals surface area contributed by atoms with Crippen molar-refractivity contribution in [2.75, 3.05) is 0 Å². The fourth-order valence-corrected chi connectivity index (χ4v) is 2.01. The molecule has 2 rings (SSSR count). The first-order chi connectivity index (χ1) is 8.71. The van der Waals surface area contributed by atoms with Crippen LogP contribution < -0.4 is 0 Å². The lowest BCUT2D eigenvalue weighted by Gasteiger charge is -2.34. The highest BCUT2D eigenvalue weighted by Crippen LogP contribution is 2.26. The van der Waals surface area contributed by atoms with E-state index in [4.69, 9.17) is 5.11 Å². The molecular weight excluding hydrogens is 267 g/mol. The molecule has 1 amide bonds. The molecule has 0 fully saturated rings.